The van der Waals surface area contributed by atoms with Crippen molar-refractivity contribution in [3.63, 3.8) is 0 Å². The number of hydrogen-bond acceptors (Lipinski definition) is 2. The number of amides is 1. The zero-order chi connectivity index (χ0) is 16.3. The molecule has 0 radical (unpaired) electrons. The predicted molar refractivity (Wildman–Crippen MR) is 111 cm³/mol. The molecule has 6 heteroatoms. The number of unbranched alkanes of at least 4 members (excludes halogenated alkanes) is 1. The Morgan fingerprint density at radius 2 is 1.79 bits per heavy atom. The van der Waals surface area contributed by atoms with E-state index in [1.165, 1.54) is 44.9 Å². The number of rotatable bonds is 8. The summed E-state index contributed by atoms with van der Waals surface area (Å²) in [7, 11) is 0. The second-order valence-corrected chi connectivity index (χ2v) is 6.86. The molecule has 0 atom stereocenters. The highest BCUT2D eigenvalue weighted by Gasteiger charge is 2.17. The molecule has 5 nitrogen and oxygen atoms in total. The van der Waals surface area contributed by atoms with Gasteiger partial charge in [-0.1, -0.05) is 38.5 Å². The number of guanidine groups is 1. The van der Waals surface area contributed by atoms with Gasteiger partial charge < -0.3 is 15.5 Å². The Morgan fingerprint density at radius 1 is 1.08 bits per heavy atom. The van der Waals surface area contributed by atoms with Crippen LogP contribution in [-0.4, -0.2) is 49.5 Å². The summed E-state index contributed by atoms with van der Waals surface area (Å²) in [5.74, 6) is 1.91. The number of likely N-dealkylation sites (tertiary alicyclic amines) is 1. The number of halogens is 1. The van der Waals surface area contributed by atoms with Gasteiger partial charge in [-0.05, 0) is 32.1 Å². The lowest BCUT2D eigenvalue weighted by Gasteiger charge is -2.15. The molecule has 0 aromatic carbocycles. The SMILES string of the molecule is CCNC(=NCC(=O)N1CCCC1)NCCCCC1CCCC1.I. The largest absolute Gasteiger partial charge is 0.357 e. The lowest BCUT2D eigenvalue weighted by molar-refractivity contribution is -0.128. The highest BCUT2D eigenvalue weighted by Crippen LogP contribution is 2.28. The number of nitrogens with zero attached hydrogens (tertiary/aromatic N) is 2. The molecule has 0 aromatic rings. The van der Waals surface area contributed by atoms with E-state index in [1.54, 1.807) is 0 Å². The topological polar surface area (TPSA) is 56.7 Å². The van der Waals surface area contributed by atoms with E-state index in [-0.39, 0.29) is 36.4 Å². The van der Waals surface area contributed by atoms with Crippen molar-refractivity contribution in [2.75, 3.05) is 32.7 Å². The molecule has 0 aromatic heterocycles. The van der Waals surface area contributed by atoms with Gasteiger partial charge in [-0.15, -0.1) is 24.0 Å². The third kappa shape index (κ3) is 8.03. The molecular weight excluding hydrogens is 415 g/mol. The summed E-state index contributed by atoms with van der Waals surface area (Å²) in [5, 5.41) is 6.59. The summed E-state index contributed by atoms with van der Waals surface area (Å²) >= 11 is 0. The lowest BCUT2D eigenvalue weighted by Crippen LogP contribution is -2.39. The zero-order valence-electron chi connectivity index (χ0n) is 15.2. The standard InChI is InChI=1S/C18H34N4O.HI/c1-2-19-18(21-15-17(23)22-13-7-8-14-22)20-12-6-5-11-16-9-3-4-10-16;/h16H,2-15H2,1H3,(H2,19,20,21);1H. The summed E-state index contributed by atoms with van der Waals surface area (Å²) in [6.45, 7) is 5.89. The molecule has 1 saturated carbocycles. The summed E-state index contributed by atoms with van der Waals surface area (Å²) in [5.41, 5.74) is 0. The van der Waals surface area contributed by atoms with Crippen molar-refractivity contribution in [3.8, 4) is 0 Å². The first-order valence-corrected chi connectivity index (χ1v) is 9.59. The van der Waals surface area contributed by atoms with Gasteiger partial charge in [0.1, 0.15) is 6.54 Å². The van der Waals surface area contributed by atoms with Crippen LogP contribution in [0, 0.1) is 5.92 Å². The number of carbonyl (C=O) groups excluding carboxylic acids is 1. The Kier molecular flexibility index (Phi) is 11.5. The molecule has 24 heavy (non-hydrogen) atoms. The molecule has 0 bridgehead atoms. The van der Waals surface area contributed by atoms with Crippen LogP contribution in [0.25, 0.3) is 0 Å². The fourth-order valence-corrected chi connectivity index (χ4v) is 3.62. The van der Waals surface area contributed by atoms with E-state index >= 15 is 0 Å². The highest BCUT2D eigenvalue weighted by molar-refractivity contribution is 14.0. The van der Waals surface area contributed by atoms with Crippen LogP contribution in [-0.2, 0) is 4.79 Å². The van der Waals surface area contributed by atoms with Crippen LogP contribution >= 0.6 is 24.0 Å². The molecule has 2 rings (SSSR count). The highest BCUT2D eigenvalue weighted by atomic mass is 127. The molecule has 2 N–H and O–H groups in total. The number of hydrogen-bond donors (Lipinski definition) is 2. The van der Waals surface area contributed by atoms with Crippen LogP contribution in [0.15, 0.2) is 4.99 Å². The number of aliphatic imine (C=N–C) groups is 1. The van der Waals surface area contributed by atoms with Crippen LogP contribution in [0.4, 0.5) is 0 Å². The summed E-state index contributed by atoms with van der Waals surface area (Å²) in [4.78, 5) is 18.4. The van der Waals surface area contributed by atoms with Gasteiger partial charge in [0.2, 0.25) is 5.91 Å². The van der Waals surface area contributed by atoms with Crippen LogP contribution in [0.1, 0.15) is 64.7 Å². The Morgan fingerprint density at radius 3 is 2.46 bits per heavy atom. The minimum atomic E-state index is 0. The molecule has 1 saturated heterocycles. The maximum absolute atomic E-state index is 12.0. The maximum atomic E-state index is 12.0. The lowest BCUT2D eigenvalue weighted by atomic mass is 10.0. The zero-order valence-corrected chi connectivity index (χ0v) is 17.5. The molecule has 2 aliphatic rings. The average Bonchev–Trinajstić information content (AvgIpc) is 3.25. The second-order valence-electron chi connectivity index (χ2n) is 6.86. The van der Waals surface area contributed by atoms with Crippen molar-refractivity contribution >= 4 is 35.8 Å². The third-order valence-electron chi connectivity index (χ3n) is 4.98. The summed E-state index contributed by atoms with van der Waals surface area (Å²) < 4.78 is 0. The van der Waals surface area contributed by atoms with Crippen molar-refractivity contribution in [2.24, 2.45) is 10.9 Å². The first-order valence-electron chi connectivity index (χ1n) is 9.59. The van der Waals surface area contributed by atoms with E-state index in [1.807, 2.05) is 4.90 Å². The monoisotopic (exact) mass is 450 g/mol. The van der Waals surface area contributed by atoms with E-state index < -0.39 is 0 Å². The molecule has 1 aliphatic heterocycles. The third-order valence-corrected chi connectivity index (χ3v) is 4.98. The van der Waals surface area contributed by atoms with Gasteiger partial charge in [-0.2, -0.15) is 0 Å². The van der Waals surface area contributed by atoms with E-state index in [2.05, 4.69) is 22.5 Å². The minimum Gasteiger partial charge on any atom is -0.357 e. The van der Waals surface area contributed by atoms with Gasteiger partial charge in [0.05, 0.1) is 0 Å². The Bertz CT molecular complexity index is 377. The van der Waals surface area contributed by atoms with Crippen molar-refractivity contribution < 1.29 is 4.79 Å². The smallest absolute Gasteiger partial charge is 0.244 e. The Hall–Kier alpha value is -0.530. The molecule has 1 amide bonds. The average molecular weight is 450 g/mol. The Labute approximate surface area is 164 Å². The quantitative estimate of drug-likeness (QED) is 0.259. The second kappa shape index (κ2) is 12.8. The van der Waals surface area contributed by atoms with Crippen molar-refractivity contribution in [1.29, 1.82) is 0 Å². The van der Waals surface area contributed by atoms with Gasteiger partial charge >= 0.3 is 0 Å². The van der Waals surface area contributed by atoms with Crippen LogP contribution in [0.2, 0.25) is 0 Å². The van der Waals surface area contributed by atoms with Crippen molar-refractivity contribution in [3.05, 3.63) is 0 Å². The summed E-state index contributed by atoms with van der Waals surface area (Å²) in [6.07, 6.45) is 11.9. The van der Waals surface area contributed by atoms with Gasteiger partial charge in [0, 0.05) is 26.2 Å². The fourth-order valence-electron chi connectivity index (χ4n) is 3.62. The molecule has 1 aliphatic carbocycles. The maximum Gasteiger partial charge on any atom is 0.244 e. The number of nitrogens with one attached hydrogen (secondary N) is 2. The molecule has 140 valence electrons. The number of carbonyl (C=O) groups is 1. The van der Waals surface area contributed by atoms with E-state index in [0.717, 1.165) is 50.9 Å². The molecule has 0 spiro atoms. The van der Waals surface area contributed by atoms with E-state index in [9.17, 15) is 4.79 Å². The predicted octanol–water partition coefficient (Wildman–Crippen LogP) is 3.14. The summed E-state index contributed by atoms with van der Waals surface area (Å²) in [6, 6.07) is 0. The van der Waals surface area contributed by atoms with Crippen LogP contribution < -0.4 is 10.6 Å². The van der Waals surface area contributed by atoms with Crippen molar-refractivity contribution in [1.82, 2.24) is 15.5 Å². The first kappa shape index (κ1) is 21.5. The molecule has 1 heterocycles. The molecule has 0 unspecified atom stereocenters. The van der Waals surface area contributed by atoms with Crippen LogP contribution in [0.5, 0.6) is 0 Å². The molecule has 2 fully saturated rings. The van der Waals surface area contributed by atoms with Gasteiger partial charge in [0.15, 0.2) is 5.96 Å². The van der Waals surface area contributed by atoms with E-state index in [0.29, 0.717) is 0 Å². The van der Waals surface area contributed by atoms with Gasteiger partial charge in [-0.3, -0.25) is 4.79 Å². The van der Waals surface area contributed by atoms with E-state index in [4.69, 9.17) is 0 Å². The van der Waals surface area contributed by atoms with Gasteiger partial charge in [0.25, 0.3) is 0 Å². The normalized spacial score (nSPS) is 18.5. The van der Waals surface area contributed by atoms with Gasteiger partial charge in [-0.25, -0.2) is 4.99 Å². The fraction of sp³-hybridized carbons (Fsp3) is 0.889. The molecular formula is C18H35IN4O. The first-order chi connectivity index (χ1) is 11.3. The Balaban J connectivity index is 0.00000288. The van der Waals surface area contributed by atoms with Crippen molar-refractivity contribution in [2.45, 2.75) is 64.7 Å². The minimum absolute atomic E-state index is 0. The van der Waals surface area contributed by atoms with Crippen LogP contribution in [0.3, 0.4) is 0 Å².